The molecule has 2 amide bonds. The van der Waals surface area contributed by atoms with Gasteiger partial charge in [0.15, 0.2) is 0 Å². The van der Waals surface area contributed by atoms with Crippen LogP contribution in [0.1, 0.15) is 19.6 Å². The Kier molecular flexibility index (Phi) is 8.68. The summed E-state index contributed by atoms with van der Waals surface area (Å²) < 4.78 is 4.96. The molecule has 1 saturated heterocycles. The predicted octanol–water partition coefficient (Wildman–Crippen LogP) is -2.33. The molecule has 1 aromatic rings. The van der Waals surface area contributed by atoms with Crippen LogP contribution in [0.3, 0.4) is 0 Å². The number of carbonyl (C=O) groups excluding carboxylic acids is 4. The average molecular weight is 462 g/mol. The molecule has 9 nitrogen and oxygen atoms in total. The maximum Gasteiger partial charge on any atom is 1.00 e. The molecule has 2 aliphatic rings. The Hall–Kier alpha value is -1.66. The number of thioether (sulfide) groups is 1. The average Bonchev–Trinajstić information content (AvgIpc) is 3.15. The fourth-order valence-corrected chi connectivity index (χ4v) is 5.04. The van der Waals surface area contributed by atoms with E-state index in [2.05, 4.69) is 5.32 Å². The van der Waals surface area contributed by atoms with Gasteiger partial charge >= 0.3 is 41.5 Å². The van der Waals surface area contributed by atoms with Gasteiger partial charge in [-0.2, -0.15) is 0 Å². The molecular weight excluding hydrogens is 443 g/mol. The molecule has 0 aromatic carbocycles. The minimum absolute atomic E-state index is 0. The number of carboxylic acid groups (broad SMARTS) is 1. The van der Waals surface area contributed by atoms with E-state index in [4.69, 9.17) is 4.74 Å². The number of β-lactam (4-membered cyclic amide) rings is 1. The number of amides is 2. The van der Waals surface area contributed by atoms with E-state index < -0.39 is 35.7 Å². The van der Waals surface area contributed by atoms with Gasteiger partial charge in [-0.15, -0.1) is 23.1 Å². The Labute approximate surface area is 204 Å². The van der Waals surface area contributed by atoms with Crippen LogP contribution in [0.4, 0.5) is 0 Å². The fraction of sp³-hybridized carbons (Fsp3) is 0.389. The van der Waals surface area contributed by atoms with E-state index >= 15 is 0 Å². The first-order chi connectivity index (χ1) is 13.8. The monoisotopic (exact) mass is 462 g/mol. The molecule has 1 fully saturated rings. The van der Waals surface area contributed by atoms with E-state index in [-0.39, 0.29) is 72.7 Å². The first-order valence-corrected chi connectivity index (χ1v) is 10.6. The zero-order chi connectivity index (χ0) is 21.1. The first-order valence-electron chi connectivity index (χ1n) is 8.64. The van der Waals surface area contributed by atoms with Crippen molar-refractivity contribution in [3.05, 3.63) is 33.7 Å². The van der Waals surface area contributed by atoms with Gasteiger partial charge in [0.25, 0.3) is 5.91 Å². The molecule has 1 aromatic heterocycles. The van der Waals surface area contributed by atoms with Crippen molar-refractivity contribution in [2.24, 2.45) is 0 Å². The van der Waals surface area contributed by atoms with Crippen molar-refractivity contribution in [1.29, 1.82) is 0 Å². The van der Waals surface area contributed by atoms with E-state index in [1.165, 1.54) is 30.0 Å². The molecule has 2 atom stereocenters. The fourth-order valence-electron chi connectivity index (χ4n) is 3.01. The Morgan fingerprint density at radius 3 is 2.70 bits per heavy atom. The number of ketones is 1. The van der Waals surface area contributed by atoms with Crippen LogP contribution in [0.5, 0.6) is 0 Å². The molecule has 30 heavy (non-hydrogen) atoms. The molecule has 0 saturated carbocycles. The third-order valence-corrected chi connectivity index (χ3v) is 6.50. The van der Waals surface area contributed by atoms with E-state index in [0.29, 0.717) is 0 Å². The first kappa shape index (κ1) is 24.6. The van der Waals surface area contributed by atoms with E-state index in [1.807, 2.05) is 17.5 Å². The molecule has 0 unspecified atom stereocenters. The summed E-state index contributed by atoms with van der Waals surface area (Å²) >= 11 is 2.72. The van der Waals surface area contributed by atoms with Crippen molar-refractivity contribution in [2.45, 2.75) is 31.2 Å². The van der Waals surface area contributed by atoms with Crippen molar-refractivity contribution < 1.29 is 64.8 Å². The van der Waals surface area contributed by atoms with Crippen LogP contribution in [-0.4, -0.2) is 63.3 Å². The summed E-state index contributed by atoms with van der Waals surface area (Å²) in [4.78, 5) is 60.9. The van der Waals surface area contributed by atoms with Gasteiger partial charge in [-0.1, -0.05) is 6.07 Å². The smallest absolute Gasteiger partial charge is 1.00 e. The number of nitrogens with one attached hydrogen (secondary N) is 1. The second-order valence-corrected chi connectivity index (χ2v) is 8.65. The number of esters is 1. The number of hydrogen-bond acceptors (Lipinski definition) is 8. The summed E-state index contributed by atoms with van der Waals surface area (Å²) in [7, 11) is 0. The van der Waals surface area contributed by atoms with Crippen molar-refractivity contribution in [1.82, 2.24) is 10.2 Å². The number of hydrogen-bond donors (Lipinski definition) is 2. The molecule has 3 rings (SSSR count). The van der Waals surface area contributed by atoms with Crippen molar-refractivity contribution in [3.63, 3.8) is 0 Å². The van der Waals surface area contributed by atoms with Crippen LogP contribution in [0.15, 0.2) is 28.8 Å². The van der Waals surface area contributed by atoms with Crippen LogP contribution in [-0.2, 0) is 35.1 Å². The summed E-state index contributed by atoms with van der Waals surface area (Å²) in [5, 5.41) is 13.5. The van der Waals surface area contributed by atoms with Gasteiger partial charge in [-0.05, 0) is 18.4 Å². The second-order valence-electron chi connectivity index (χ2n) is 6.51. The topological polar surface area (TPSA) is 130 Å². The van der Waals surface area contributed by atoms with Gasteiger partial charge < -0.3 is 16.6 Å². The van der Waals surface area contributed by atoms with Crippen LogP contribution >= 0.6 is 23.1 Å². The van der Waals surface area contributed by atoms with Gasteiger partial charge in [0.05, 0.1) is 6.42 Å². The second kappa shape index (κ2) is 10.6. The number of ether oxygens (including phenoxy) is 1. The number of carbonyl (C=O) groups is 5. The maximum absolute atomic E-state index is 12.5. The molecular formula is C18H19N2NaO7S2. The number of aliphatic carboxylic acids is 1. The van der Waals surface area contributed by atoms with Gasteiger partial charge in [-0.3, -0.25) is 24.1 Å². The molecule has 0 spiro atoms. The quantitative estimate of drug-likeness (QED) is 0.190. The number of carboxylic acids is 1. The maximum atomic E-state index is 12.5. The van der Waals surface area contributed by atoms with Gasteiger partial charge in [0, 0.05) is 16.2 Å². The molecule has 156 valence electrons. The molecule has 0 bridgehead atoms. The Morgan fingerprint density at radius 2 is 2.10 bits per heavy atom. The van der Waals surface area contributed by atoms with Crippen molar-refractivity contribution in [3.8, 4) is 0 Å². The molecule has 0 radical (unpaired) electrons. The van der Waals surface area contributed by atoms with Gasteiger partial charge in [0.1, 0.15) is 35.9 Å². The Morgan fingerprint density at radius 1 is 1.37 bits per heavy atom. The van der Waals surface area contributed by atoms with E-state index in [1.54, 1.807) is 0 Å². The van der Waals surface area contributed by atoms with Crippen LogP contribution in [0.2, 0.25) is 0 Å². The minimum Gasteiger partial charge on any atom is -1.00 e. The molecule has 2 N–H and O–H groups in total. The number of fused-ring (bicyclic) bond motifs is 1. The number of Topliss-reactive ketones (excluding diaryl/α,β-unsaturated/α-hetero) is 1. The predicted molar refractivity (Wildman–Crippen MR) is 105 cm³/mol. The molecule has 0 aliphatic carbocycles. The zero-order valence-electron chi connectivity index (χ0n) is 17.4. The summed E-state index contributed by atoms with van der Waals surface area (Å²) in [5.41, 5.74) is 0.0329. The molecule has 12 heteroatoms. The van der Waals surface area contributed by atoms with Crippen molar-refractivity contribution >= 4 is 52.6 Å². The standard InChI is InChI=1S/C18H18N2O7S2.Na.H/c1-9(21)5-13(23)27-7-10-8-29-17-14(16(24)20(17)15(10)18(25)26)19-12(22)6-11-3-2-4-28-11;;/h2-4,14,17H,5-8H2,1H3,(H,19,22)(H,25,26);;/q;+1;-1/t14-,17-;;/m1../s1. The zero-order valence-corrected chi connectivity index (χ0v) is 20.0. The number of rotatable bonds is 8. The Bertz CT molecular complexity index is 907. The SMILES string of the molecule is CC(=O)CC(=O)OCC1=C(C(=O)O)N2C(=O)[C@@H](NC(=O)Cc3cccs3)[C@H]2SC1.[H-].[Na+]. The van der Waals surface area contributed by atoms with Gasteiger partial charge in [-0.25, -0.2) is 4.79 Å². The van der Waals surface area contributed by atoms with Crippen LogP contribution in [0, 0.1) is 0 Å². The molecule has 2 aliphatic heterocycles. The third kappa shape index (κ3) is 5.52. The van der Waals surface area contributed by atoms with E-state index in [0.717, 1.165) is 9.78 Å². The normalized spacial score (nSPS) is 19.9. The molecule has 3 heterocycles. The summed E-state index contributed by atoms with van der Waals surface area (Å²) in [5.74, 6) is -3.04. The van der Waals surface area contributed by atoms with E-state index in [9.17, 15) is 29.1 Å². The third-order valence-electron chi connectivity index (χ3n) is 4.28. The Balaban J connectivity index is 0.00000240. The number of nitrogens with zero attached hydrogens (tertiary/aromatic N) is 1. The summed E-state index contributed by atoms with van der Waals surface area (Å²) in [6, 6.07) is 2.85. The summed E-state index contributed by atoms with van der Waals surface area (Å²) in [6.45, 7) is 0.933. The number of thiophene rings is 1. The minimum atomic E-state index is -1.32. The van der Waals surface area contributed by atoms with Crippen LogP contribution in [0.25, 0.3) is 0 Å². The largest absolute Gasteiger partial charge is 1.00 e. The van der Waals surface area contributed by atoms with Gasteiger partial charge in [0.2, 0.25) is 5.91 Å². The van der Waals surface area contributed by atoms with Crippen LogP contribution < -0.4 is 34.9 Å². The summed E-state index contributed by atoms with van der Waals surface area (Å²) in [6.07, 6.45) is -0.246. The van der Waals surface area contributed by atoms with Crippen molar-refractivity contribution in [2.75, 3.05) is 12.4 Å².